The second kappa shape index (κ2) is 5.40. The molecule has 2 aromatic carbocycles. The van der Waals surface area contributed by atoms with Gasteiger partial charge in [-0.15, -0.1) is 0 Å². The van der Waals surface area contributed by atoms with E-state index in [1.165, 1.54) is 12.1 Å². The molecule has 0 aliphatic carbocycles. The van der Waals surface area contributed by atoms with Crippen molar-refractivity contribution < 1.29 is 17.4 Å². The Balaban J connectivity index is 2.15. The van der Waals surface area contributed by atoms with Crippen molar-refractivity contribution in [1.82, 2.24) is 0 Å². The van der Waals surface area contributed by atoms with E-state index in [-0.39, 0.29) is 4.90 Å². The molecule has 4 nitrogen and oxygen atoms in total. The van der Waals surface area contributed by atoms with E-state index >= 15 is 0 Å². The summed E-state index contributed by atoms with van der Waals surface area (Å²) in [6.45, 7) is 0. The van der Waals surface area contributed by atoms with Crippen molar-refractivity contribution in [2.75, 3.05) is 0 Å². The highest BCUT2D eigenvalue weighted by atomic mass is 32.2. The molecule has 24 heavy (non-hydrogen) atoms. The molecule has 1 N–H and O–H groups in total. The fourth-order valence-corrected chi connectivity index (χ4v) is 3.55. The van der Waals surface area contributed by atoms with Crippen molar-refractivity contribution >= 4 is 26.4 Å². The molecule has 4 aromatic rings. The molecule has 0 unspecified atom stereocenters. The molecule has 118 valence electrons. The molecule has 0 amide bonds. The van der Waals surface area contributed by atoms with Crippen molar-refractivity contribution in [1.29, 1.82) is 0 Å². The van der Waals surface area contributed by atoms with Gasteiger partial charge in [-0.2, -0.15) is 12.8 Å². The smallest absolute Gasteiger partial charge is 0.282 e. The molecule has 0 fully saturated rings. The molecule has 0 atom stereocenters. The number of hydrogen-bond donors (Lipinski definition) is 1. The quantitative estimate of drug-likeness (QED) is 0.346. The van der Waals surface area contributed by atoms with Gasteiger partial charge in [-0.3, -0.25) is 4.55 Å². The van der Waals surface area contributed by atoms with Gasteiger partial charge in [-0.05, 0) is 29.8 Å². The second-order valence-electron chi connectivity index (χ2n) is 5.59. The molecule has 0 bridgehead atoms. The predicted octanol–water partition coefficient (Wildman–Crippen LogP) is 3.49. The minimum Gasteiger partial charge on any atom is -0.282 e. The number of aromatic nitrogens is 1. The molecule has 0 aliphatic rings. The average molecular weight is 336 g/mol. The lowest BCUT2D eigenvalue weighted by Crippen LogP contribution is -2.21. The normalized spacial score (nSPS) is 11.9. The Morgan fingerprint density at radius 1 is 0.875 bits per heavy atom. The van der Waals surface area contributed by atoms with Crippen LogP contribution in [-0.4, -0.2) is 13.0 Å². The molecule has 0 aliphatic heterocycles. The van der Waals surface area contributed by atoms with Crippen LogP contribution in [0.5, 0.6) is 0 Å². The summed E-state index contributed by atoms with van der Waals surface area (Å²) in [5, 5.41) is 2.07. The lowest BCUT2D eigenvalue weighted by Gasteiger charge is -2.08. The Morgan fingerprint density at radius 2 is 1.67 bits per heavy atom. The number of benzene rings is 2. The maximum Gasteiger partial charge on any atom is 0.294 e. The third kappa shape index (κ3) is 2.44. The van der Waals surface area contributed by atoms with Crippen LogP contribution in [0.4, 0.5) is 0 Å². The second-order valence-corrected chi connectivity index (χ2v) is 7.01. The predicted molar refractivity (Wildman–Crippen MR) is 92.4 cm³/mol. The summed E-state index contributed by atoms with van der Waals surface area (Å²) < 4.78 is 34.4. The van der Waals surface area contributed by atoms with Crippen molar-refractivity contribution in [3.8, 4) is 11.1 Å². The van der Waals surface area contributed by atoms with Crippen LogP contribution >= 0.6 is 0 Å². The summed E-state index contributed by atoms with van der Waals surface area (Å²) in [7, 11) is -4.25. The van der Waals surface area contributed by atoms with Crippen molar-refractivity contribution in [2.45, 2.75) is 4.90 Å². The van der Waals surface area contributed by atoms with Crippen LogP contribution in [0, 0.1) is 0 Å². The first-order chi connectivity index (χ1) is 11.5. The Hall–Kier alpha value is -2.76. The van der Waals surface area contributed by atoms with Crippen LogP contribution in [0.25, 0.3) is 27.4 Å². The molecular formula is C19H14NO3S+. The highest BCUT2D eigenvalue weighted by Gasteiger charge is 2.17. The van der Waals surface area contributed by atoms with Gasteiger partial charge < -0.3 is 0 Å². The van der Waals surface area contributed by atoms with Gasteiger partial charge in [-0.25, -0.2) is 0 Å². The van der Waals surface area contributed by atoms with Gasteiger partial charge in [0.25, 0.3) is 10.1 Å². The zero-order valence-electron chi connectivity index (χ0n) is 12.6. The molecule has 4 rings (SSSR count). The first-order valence-corrected chi connectivity index (χ1v) is 8.88. The summed E-state index contributed by atoms with van der Waals surface area (Å²) in [4.78, 5) is -0.109. The van der Waals surface area contributed by atoms with E-state index in [2.05, 4.69) is 0 Å². The lowest BCUT2D eigenvalue weighted by molar-refractivity contribution is -0.509. The van der Waals surface area contributed by atoms with Crippen LogP contribution in [0.1, 0.15) is 0 Å². The largest absolute Gasteiger partial charge is 0.294 e. The number of nitrogens with zero attached hydrogens (tertiary/aromatic N) is 1. The van der Waals surface area contributed by atoms with Gasteiger partial charge in [0.1, 0.15) is 0 Å². The number of rotatable bonds is 2. The summed E-state index contributed by atoms with van der Waals surface area (Å²) >= 11 is 0. The first-order valence-electron chi connectivity index (χ1n) is 7.44. The van der Waals surface area contributed by atoms with Crippen LogP contribution < -0.4 is 4.40 Å². The summed E-state index contributed by atoms with van der Waals surface area (Å²) in [6, 6.07) is 20.2. The van der Waals surface area contributed by atoms with Crippen LogP contribution in [0.2, 0.25) is 0 Å². The number of pyridine rings is 2. The third-order valence-electron chi connectivity index (χ3n) is 4.08. The minimum absolute atomic E-state index is 0.109. The van der Waals surface area contributed by atoms with Gasteiger partial charge in [0.15, 0.2) is 12.4 Å². The van der Waals surface area contributed by atoms with E-state index in [0.29, 0.717) is 0 Å². The van der Waals surface area contributed by atoms with E-state index in [9.17, 15) is 13.0 Å². The monoisotopic (exact) mass is 336 g/mol. The summed E-state index contributed by atoms with van der Waals surface area (Å²) in [6.07, 6.45) is 4.00. The SMILES string of the molecule is O=S(=O)(O)c1cccc(-c2c3ccccc3c[n+]3ccccc23)c1. The summed E-state index contributed by atoms with van der Waals surface area (Å²) in [5.74, 6) is 0. The van der Waals surface area contributed by atoms with Crippen molar-refractivity contribution in [2.24, 2.45) is 0 Å². The summed E-state index contributed by atoms with van der Waals surface area (Å²) in [5.41, 5.74) is 2.63. The number of fused-ring (bicyclic) bond motifs is 2. The van der Waals surface area contributed by atoms with Crippen molar-refractivity contribution in [3.63, 3.8) is 0 Å². The van der Waals surface area contributed by atoms with Gasteiger partial charge in [0.05, 0.1) is 10.5 Å². The first kappa shape index (κ1) is 14.8. The van der Waals surface area contributed by atoms with E-state index in [1.807, 2.05) is 65.3 Å². The highest BCUT2D eigenvalue weighted by molar-refractivity contribution is 7.85. The zero-order valence-corrected chi connectivity index (χ0v) is 13.4. The van der Waals surface area contributed by atoms with Gasteiger partial charge in [-0.1, -0.05) is 30.3 Å². The average Bonchev–Trinajstić information content (AvgIpc) is 2.59. The Labute approximate surface area is 139 Å². The molecule has 0 saturated carbocycles. The van der Waals surface area contributed by atoms with Crippen LogP contribution in [-0.2, 0) is 10.1 Å². The van der Waals surface area contributed by atoms with Crippen LogP contribution in [0.3, 0.4) is 0 Å². The maximum atomic E-state index is 11.5. The Bertz CT molecular complexity index is 1130. The molecule has 0 radical (unpaired) electrons. The number of hydrogen-bond acceptors (Lipinski definition) is 2. The fourth-order valence-electron chi connectivity index (χ4n) is 3.02. The van der Waals surface area contributed by atoms with E-state index in [4.69, 9.17) is 0 Å². The van der Waals surface area contributed by atoms with Gasteiger partial charge in [0, 0.05) is 22.9 Å². The Morgan fingerprint density at radius 3 is 2.50 bits per heavy atom. The molecule has 0 spiro atoms. The molecule has 5 heteroatoms. The van der Waals surface area contributed by atoms with Crippen LogP contribution in [0.15, 0.2) is 84.0 Å². The topological polar surface area (TPSA) is 58.5 Å². The third-order valence-corrected chi connectivity index (χ3v) is 4.92. The molecule has 2 aromatic heterocycles. The minimum atomic E-state index is -4.25. The highest BCUT2D eigenvalue weighted by Crippen LogP contribution is 2.32. The Kier molecular flexibility index (Phi) is 3.33. The maximum absolute atomic E-state index is 11.5. The molecular weight excluding hydrogens is 322 g/mol. The molecule has 0 saturated heterocycles. The van der Waals surface area contributed by atoms with Gasteiger partial charge in [0.2, 0.25) is 5.52 Å². The van der Waals surface area contributed by atoms with Crippen molar-refractivity contribution in [3.05, 3.63) is 79.1 Å². The van der Waals surface area contributed by atoms with E-state index in [0.717, 1.165) is 27.4 Å². The zero-order chi connectivity index (χ0) is 16.7. The van der Waals surface area contributed by atoms with E-state index in [1.54, 1.807) is 6.07 Å². The van der Waals surface area contributed by atoms with Gasteiger partial charge >= 0.3 is 0 Å². The fraction of sp³-hybridized carbons (Fsp3) is 0. The lowest BCUT2D eigenvalue weighted by atomic mass is 9.98. The van der Waals surface area contributed by atoms with E-state index < -0.39 is 10.1 Å². The molecule has 2 heterocycles. The standard InChI is InChI=1S/C19H13NO3S/c21-24(22,23)16-8-5-7-14(12-16)19-17-9-2-1-6-15(17)13-20-11-4-3-10-18(19)20/h1-13H/p+1.